The smallest absolute Gasteiger partial charge is 0.466 e. The maximum Gasteiger partial charge on any atom is 0.466 e. The summed E-state index contributed by atoms with van der Waals surface area (Å²) in [6.07, 6.45) is -0.728. The molecule has 2 aromatic rings. The standard InChI is InChI=1S/C20H18N2O9.H3O4P/c23-10-9-17-18(29-11-13-1-5-15(6-2-13)21(25)26)19(20(24)31-17)30-12-14-3-7-16(8-4-14)22(27)28;1-5(2,3)4/h1-8,17,23H,9-12H2;(H3,1,2,3,4). The fraction of sp³-hybridized carbons (Fsp3) is 0.250. The van der Waals surface area contributed by atoms with Crippen LogP contribution in [0.4, 0.5) is 11.4 Å². The van der Waals surface area contributed by atoms with Gasteiger partial charge >= 0.3 is 13.8 Å². The van der Waals surface area contributed by atoms with Gasteiger partial charge in [0, 0.05) is 37.3 Å². The van der Waals surface area contributed by atoms with Crippen LogP contribution >= 0.6 is 7.82 Å². The predicted molar refractivity (Wildman–Crippen MR) is 119 cm³/mol. The van der Waals surface area contributed by atoms with Crippen molar-refractivity contribution in [3.8, 4) is 0 Å². The third-order valence-electron chi connectivity index (χ3n) is 4.41. The topological polar surface area (TPSA) is 229 Å². The fourth-order valence-corrected chi connectivity index (χ4v) is 2.82. The van der Waals surface area contributed by atoms with Gasteiger partial charge in [-0.05, 0) is 35.4 Å². The summed E-state index contributed by atoms with van der Waals surface area (Å²) >= 11 is 0. The van der Waals surface area contributed by atoms with E-state index in [2.05, 4.69) is 0 Å². The Kier molecular flexibility index (Phi) is 10.0. The van der Waals surface area contributed by atoms with Crippen molar-refractivity contribution in [1.29, 1.82) is 0 Å². The van der Waals surface area contributed by atoms with Crippen LogP contribution in [0.15, 0.2) is 60.0 Å². The van der Waals surface area contributed by atoms with Crippen molar-refractivity contribution in [3.05, 3.63) is 91.4 Å². The first-order valence-electron chi connectivity index (χ1n) is 9.95. The molecule has 194 valence electrons. The van der Waals surface area contributed by atoms with E-state index in [9.17, 15) is 30.1 Å². The Morgan fingerprint density at radius 2 is 1.28 bits per heavy atom. The quantitative estimate of drug-likeness (QED) is 0.149. The normalized spacial score (nSPS) is 15.0. The molecule has 1 aliphatic rings. The zero-order valence-corrected chi connectivity index (χ0v) is 19.2. The van der Waals surface area contributed by atoms with Gasteiger partial charge in [0.15, 0.2) is 11.9 Å². The first-order valence-corrected chi connectivity index (χ1v) is 11.5. The fourth-order valence-electron chi connectivity index (χ4n) is 2.82. The number of nitro groups is 2. The number of rotatable bonds is 10. The molecule has 0 aromatic heterocycles. The Labute approximate surface area is 202 Å². The monoisotopic (exact) mass is 528 g/mol. The summed E-state index contributed by atoms with van der Waals surface area (Å²) in [4.78, 5) is 54.3. The van der Waals surface area contributed by atoms with E-state index in [0.29, 0.717) is 11.1 Å². The minimum absolute atomic E-state index is 0.00368. The van der Waals surface area contributed by atoms with Gasteiger partial charge < -0.3 is 34.0 Å². The lowest BCUT2D eigenvalue weighted by atomic mass is 10.2. The molecule has 0 saturated carbocycles. The maximum absolute atomic E-state index is 12.2. The Morgan fingerprint density at radius 1 is 0.861 bits per heavy atom. The average molecular weight is 528 g/mol. The number of carbonyl (C=O) groups is 1. The second-order valence-electron chi connectivity index (χ2n) is 7.04. The second-order valence-corrected chi connectivity index (χ2v) is 8.06. The lowest BCUT2D eigenvalue weighted by molar-refractivity contribution is -0.385. The van der Waals surface area contributed by atoms with E-state index in [0.717, 1.165) is 0 Å². The SMILES string of the molecule is O=C1OC(CCO)C(OCc2ccc([N+](=O)[O-])cc2)=C1OCc1ccc([N+](=O)[O-])cc1.O=P(O)(O)O. The van der Waals surface area contributed by atoms with Gasteiger partial charge in [0.2, 0.25) is 5.76 Å². The molecule has 2 aromatic carbocycles. The van der Waals surface area contributed by atoms with Crippen molar-refractivity contribution >= 4 is 25.2 Å². The number of benzene rings is 2. The van der Waals surface area contributed by atoms with Crippen LogP contribution in [0.5, 0.6) is 0 Å². The molecular formula is C20H21N2O13P. The van der Waals surface area contributed by atoms with Crippen molar-refractivity contribution < 1.29 is 53.2 Å². The van der Waals surface area contributed by atoms with E-state index in [4.69, 9.17) is 33.5 Å². The Balaban J connectivity index is 0.000000830. The highest BCUT2D eigenvalue weighted by atomic mass is 31.2. The third-order valence-corrected chi connectivity index (χ3v) is 4.41. The molecule has 0 amide bonds. The van der Waals surface area contributed by atoms with Gasteiger partial charge in [0.05, 0.1) is 9.85 Å². The number of ether oxygens (including phenoxy) is 3. The van der Waals surface area contributed by atoms with Crippen LogP contribution in [-0.2, 0) is 36.8 Å². The third kappa shape index (κ3) is 9.05. The molecule has 1 aliphatic heterocycles. The summed E-state index contributed by atoms with van der Waals surface area (Å²) in [7, 11) is -4.64. The number of hydrogen-bond acceptors (Lipinski definition) is 10. The lowest BCUT2D eigenvalue weighted by Crippen LogP contribution is -2.15. The maximum atomic E-state index is 12.2. The van der Waals surface area contributed by atoms with E-state index in [1.54, 1.807) is 0 Å². The summed E-state index contributed by atoms with van der Waals surface area (Å²) in [5.74, 6) is -0.794. The van der Waals surface area contributed by atoms with E-state index in [-0.39, 0.29) is 49.1 Å². The van der Waals surface area contributed by atoms with Crippen LogP contribution in [0.25, 0.3) is 0 Å². The molecule has 0 radical (unpaired) electrons. The van der Waals surface area contributed by atoms with Crippen molar-refractivity contribution in [3.63, 3.8) is 0 Å². The minimum Gasteiger partial charge on any atom is -0.485 e. The van der Waals surface area contributed by atoms with Gasteiger partial charge in [0.25, 0.3) is 11.4 Å². The molecular weight excluding hydrogens is 507 g/mol. The number of cyclic esters (lactones) is 1. The largest absolute Gasteiger partial charge is 0.485 e. The summed E-state index contributed by atoms with van der Waals surface area (Å²) in [5.41, 5.74) is 1.08. The molecule has 15 nitrogen and oxygen atoms in total. The summed E-state index contributed by atoms with van der Waals surface area (Å²) < 4.78 is 25.4. The number of nitro benzene ring substituents is 2. The molecule has 1 unspecified atom stereocenters. The van der Waals surface area contributed by atoms with Crippen molar-refractivity contribution in [2.75, 3.05) is 6.61 Å². The first kappa shape index (κ1) is 28.4. The molecule has 16 heteroatoms. The van der Waals surface area contributed by atoms with Gasteiger partial charge in [-0.1, -0.05) is 0 Å². The Morgan fingerprint density at radius 3 is 1.67 bits per heavy atom. The molecule has 4 N–H and O–H groups in total. The number of hydrogen-bond donors (Lipinski definition) is 4. The van der Waals surface area contributed by atoms with Crippen LogP contribution in [0.2, 0.25) is 0 Å². The Bertz CT molecular complexity index is 1150. The Hall–Kier alpha value is -3.88. The van der Waals surface area contributed by atoms with Crippen LogP contribution in [0.3, 0.4) is 0 Å². The minimum atomic E-state index is -4.64. The molecule has 0 bridgehead atoms. The zero-order chi connectivity index (χ0) is 26.9. The number of aliphatic hydroxyl groups is 1. The van der Waals surface area contributed by atoms with E-state index < -0.39 is 29.7 Å². The predicted octanol–water partition coefficient (Wildman–Crippen LogP) is 1.83. The van der Waals surface area contributed by atoms with Crippen LogP contribution in [0.1, 0.15) is 17.5 Å². The van der Waals surface area contributed by atoms with E-state index >= 15 is 0 Å². The highest BCUT2D eigenvalue weighted by molar-refractivity contribution is 7.45. The average Bonchev–Trinajstić information content (AvgIpc) is 3.09. The number of non-ortho nitro benzene ring substituents is 2. The number of phosphoric acid groups is 1. The number of carbonyl (C=O) groups excluding carboxylic acids is 1. The van der Waals surface area contributed by atoms with Crippen LogP contribution in [0, 0.1) is 20.2 Å². The summed E-state index contributed by atoms with van der Waals surface area (Å²) in [5, 5.41) is 30.7. The van der Waals surface area contributed by atoms with Gasteiger partial charge in [0.1, 0.15) is 13.2 Å². The van der Waals surface area contributed by atoms with Gasteiger partial charge in [-0.2, -0.15) is 0 Å². The van der Waals surface area contributed by atoms with Crippen molar-refractivity contribution in [2.24, 2.45) is 0 Å². The highest BCUT2D eigenvalue weighted by Crippen LogP contribution is 2.29. The molecule has 1 atom stereocenters. The molecule has 36 heavy (non-hydrogen) atoms. The first-order chi connectivity index (χ1) is 16.9. The summed E-state index contributed by atoms with van der Waals surface area (Å²) in [6.45, 7) is -0.313. The van der Waals surface area contributed by atoms with Gasteiger partial charge in [-0.25, -0.2) is 9.36 Å². The zero-order valence-electron chi connectivity index (χ0n) is 18.3. The van der Waals surface area contributed by atoms with Crippen LogP contribution in [-0.4, -0.2) is 48.3 Å². The molecule has 0 fully saturated rings. The van der Waals surface area contributed by atoms with Gasteiger partial charge in [-0.3, -0.25) is 20.2 Å². The highest BCUT2D eigenvalue weighted by Gasteiger charge is 2.37. The van der Waals surface area contributed by atoms with E-state index in [1.807, 2.05) is 0 Å². The van der Waals surface area contributed by atoms with E-state index in [1.165, 1.54) is 48.5 Å². The summed E-state index contributed by atoms with van der Waals surface area (Å²) in [6, 6.07) is 11.4. The number of nitrogens with zero attached hydrogens (tertiary/aromatic N) is 2. The molecule has 0 saturated heterocycles. The molecule has 0 spiro atoms. The van der Waals surface area contributed by atoms with Crippen molar-refractivity contribution in [2.45, 2.75) is 25.7 Å². The molecule has 3 rings (SSSR count). The number of esters is 1. The number of aliphatic hydroxyl groups excluding tert-OH is 1. The second kappa shape index (κ2) is 12.7. The molecule has 0 aliphatic carbocycles. The lowest BCUT2D eigenvalue weighted by Gasteiger charge is -2.14. The van der Waals surface area contributed by atoms with Crippen molar-refractivity contribution in [1.82, 2.24) is 0 Å². The molecule has 1 heterocycles. The van der Waals surface area contributed by atoms with Crippen LogP contribution < -0.4 is 0 Å². The van der Waals surface area contributed by atoms with Gasteiger partial charge in [-0.15, -0.1) is 0 Å².